The molecule has 17 heavy (non-hydrogen) atoms. The topological polar surface area (TPSA) is 56.7 Å². The average molecular weight is 234 g/mol. The zero-order valence-corrected chi connectivity index (χ0v) is 10.7. The predicted molar refractivity (Wildman–Crippen MR) is 66.5 cm³/mol. The van der Waals surface area contributed by atoms with Gasteiger partial charge in [0.1, 0.15) is 5.82 Å². The Morgan fingerprint density at radius 3 is 2.47 bits per heavy atom. The molecule has 1 heterocycles. The van der Waals surface area contributed by atoms with E-state index in [0.717, 1.165) is 24.5 Å². The summed E-state index contributed by atoms with van der Waals surface area (Å²) in [7, 11) is 1.99. The zero-order valence-electron chi connectivity index (χ0n) is 10.7. The van der Waals surface area contributed by atoms with Gasteiger partial charge in [-0.15, -0.1) is 0 Å². The van der Waals surface area contributed by atoms with Gasteiger partial charge in [-0.3, -0.25) is 4.68 Å². The van der Waals surface area contributed by atoms with Crippen LogP contribution in [0.1, 0.15) is 68.9 Å². The summed E-state index contributed by atoms with van der Waals surface area (Å²) in [6.45, 7) is 0. The molecule has 94 valence electrons. The summed E-state index contributed by atoms with van der Waals surface area (Å²) in [5.41, 5.74) is 6.16. The minimum Gasteiger partial charge on any atom is -0.319 e. The second-order valence-electron chi connectivity index (χ2n) is 5.76. The fourth-order valence-corrected chi connectivity index (χ4v) is 3.15. The molecule has 0 spiro atoms. The van der Waals surface area contributed by atoms with E-state index in [9.17, 15) is 0 Å². The third-order valence-electron chi connectivity index (χ3n) is 4.44. The van der Waals surface area contributed by atoms with Crippen LogP contribution in [-0.4, -0.2) is 14.8 Å². The zero-order chi connectivity index (χ0) is 11.9. The van der Waals surface area contributed by atoms with Crippen molar-refractivity contribution >= 4 is 0 Å². The third kappa shape index (κ3) is 1.88. The molecule has 2 saturated carbocycles. The minimum atomic E-state index is -0.186. The van der Waals surface area contributed by atoms with Crippen LogP contribution in [0, 0.1) is 0 Å². The Balaban J connectivity index is 1.84. The molecule has 0 saturated heterocycles. The molecule has 2 aliphatic rings. The van der Waals surface area contributed by atoms with Gasteiger partial charge in [-0.2, -0.15) is 5.10 Å². The van der Waals surface area contributed by atoms with Crippen LogP contribution < -0.4 is 5.73 Å². The van der Waals surface area contributed by atoms with Gasteiger partial charge in [0.15, 0.2) is 5.82 Å². The standard InChI is InChI=1S/C13H22N4/c1-17-12(13(14)8-5-9-13)15-11(16-17)10-6-3-2-4-7-10/h10H,2-9,14H2,1H3. The van der Waals surface area contributed by atoms with E-state index in [1.165, 1.54) is 38.5 Å². The Morgan fingerprint density at radius 1 is 1.18 bits per heavy atom. The van der Waals surface area contributed by atoms with Crippen molar-refractivity contribution in [2.75, 3.05) is 0 Å². The van der Waals surface area contributed by atoms with Gasteiger partial charge in [-0.25, -0.2) is 4.98 Å². The first kappa shape index (κ1) is 11.2. The van der Waals surface area contributed by atoms with Crippen molar-refractivity contribution < 1.29 is 0 Å². The van der Waals surface area contributed by atoms with Crippen LogP contribution in [0.15, 0.2) is 0 Å². The van der Waals surface area contributed by atoms with Gasteiger partial charge in [-0.1, -0.05) is 19.3 Å². The Kier molecular flexibility index (Phi) is 2.69. The molecule has 0 radical (unpaired) electrons. The smallest absolute Gasteiger partial charge is 0.154 e. The van der Waals surface area contributed by atoms with Gasteiger partial charge in [0.2, 0.25) is 0 Å². The lowest BCUT2D eigenvalue weighted by molar-refractivity contribution is 0.230. The van der Waals surface area contributed by atoms with Gasteiger partial charge in [-0.05, 0) is 32.1 Å². The van der Waals surface area contributed by atoms with E-state index >= 15 is 0 Å². The van der Waals surface area contributed by atoms with E-state index in [4.69, 9.17) is 10.7 Å². The number of aromatic nitrogens is 3. The summed E-state index contributed by atoms with van der Waals surface area (Å²) >= 11 is 0. The molecule has 0 amide bonds. The molecule has 0 bridgehead atoms. The first-order valence-corrected chi connectivity index (χ1v) is 6.89. The Labute approximate surface area is 103 Å². The number of nitrogens with two attached hydrogens (primary N) is 1. The van der Waals surface area contributed by atoms with Crippen molar-refractivity contribution in [1.82, 2.24) is 14.8 Å². The molecule has 0 unspecified atom stereocenters. The summed E-state index contributed by atoms with van der Waals surface area (Å²) in [5, 5.41) is 4.61. The monoisotopic (exact) mass is 234 g/mol. The van der Waals surface area contributed by atoms with Gasteiger partial charge >= 0.3 is 0 Å². The maximum Gasteiger partial charge on any atom is 0.154 e. The molecular formula is C13H22N4. The van der Waals surface area contributed by atoms with Crippen molar-refractivity contribution in [2.45, 2.75) is 62.8 Å². The van der Waals surface area contributed by atoms with E-state index in [-0.39, 0.29) is 5.54 Å². The van der Waals surface area contributed by atoms with E-state index in [1.807, 2.05) is 11.7 Å². The van der Waals surface area contributed by atoms with E-state index in [1.54, 1.807) is 0 Å². The summed E-state index contributed by atoms with van der Waals surface area (Å²) in [4.78, 5) is 4.75. The number of hydrogen-bond donors (Lipinski definition) is 1. The van der Waals surface area contributed by atoms with Crippen molar-refractivity contribution in [3.8, 4) is 0 Å². The molecule has 2 aliphatic carbocycles. The lowest BCUT2D eigenvalue weighted by Crippen LogP contribution is -2.45. The molecule has 2 fully saturated rings. The minimum absolute atomic E-state index is 0.186. The number of nitrogens with zero attached hydrogens (tertiary/aromatic N) is 3. The molecule has 1 aromatic rings. The Hall–Kier alpha value is -0.900. The fourth-order valence-electron chi connectivity index (χ4n) is 3.15. The predicted octanol–water partition coefficient (Wildman–Crippen LogP) is 2.20. The maximum absolute atomic E-state index is 6.34. The van der Waals surface area contributed by atoms with Crippen LogP contribution in [0.5, 0.6) is 0 Å². The van der Waals surface area contributed by atoms with Crippen LogP contribution in [0.4, 0.5) is 0 Å². The van der Waals surface area contributed by atoms with Crippen molar-refractivity contribution in [2.24, 2.45) is 12.8 Å². The van der Waals surface area contributed by atoms with Crippen LogP contribution >= 0.6 is 0 Å². The summed E-state index contributed by atoms with van der Waals surface area (Å²) in [6.07, 6.45) is 9.87. The van der Waals surface area contributed by atoms with Crippen LogP contribution in [-0.2, 0) is 12.6 Å². The second kappa shape index (κ2) is 4.09. The van der Waals surface area contributed by atoms with Gasteiger partial charge in [0, 0.05) is 13.0 Å². The highest BCUT2D eigenvalue weighted by Crippen LogP contribution is 2.38. The molecule has 1 aromatic heterocycles. The lowest BCUT2D eigenvalue weighted by Gasteiger charge is -2.36. The number of hydrogen-bond acceptors (Lipinski definition) is 3. The highest BCUT2D eigenvalue weighted by Gasteiger charge is 2.39. The highest BCUT2D eigenvalue weighted by atomic mass is 15.3. The second-order valence-corrected chi connectivity index (χ2v) is 5.76. The molecule has 4 nitrogen and oxygen atoms in total. The summed E-state index contributed by atoms with van der Waals surface area (Å²) < 4.78 is 1.92. The Morgan fingerprint density at radius 2 is 1.88 bits per heavy atom. The SMILES string of the molecule is Cn1nc(C2CCCCC2)nc1C1(N)CCC1. The highest BCUT2D eigenvalue weighted by molar-refractivity contribution is 5.13. The summed E-state index contributed by atoms with van der Waals surface area (Å²) in [6, 6.07) is 0. The van der Waals surface area contributed by atoms with E-state index in [0.29, 0.717) is 5.92 Å². The van der Waals surface area contributed by atoms with Crippen molar-refractivity contribution in [3.05, 3.63) is 11.6 Å². The van der Waals surface area contributed by atoms with Gasteiger partial charge in [0.05, 0.1) is 5.54 Å². The molecule has 0 aromatic carbocycles. The van der Waals surface area contributed by atoms with Gasteiger partial charge in [0.25, 0.3) is 0 Å². The lowest BCUT2D eigenvalue weighted by atomic mass is 9.77. The van der Waals surface area contributed by atoms with Crippen LogP contribution in [0.2, 0.25) is 0 Å². The molecule has 4 heteroatoms. The first-order valence-electron chi connectivity index (χ1n) is 6.89. The van der Waals surface area contributed by atoms with Crippen LogP contribution in [0.3, 0.4) is 0 Å². The number of rotatable bonds is 2. The molecule has 0 atom stereocenters. The number of aryl methyl sites for hydroxylation is 1. The fraction of sp³-hybridized carbons (Fsp3) is 0.846. The van der Waals surface area contributed by atoms with E-state index in [2.05, 4.69) is 5.10 Å². The molecule has 2 N–H and O–H groups in total. The van der Waals surface area contributed by atoms with Crippen molar-refractivity contribution in [1.29, 1.82) is 0 Å². The third-order valence-corrected chi connectivity index (χ3v) is 4.44. The molecular weight excluding hydrogens is 212 g/mol. The molecule has 3 rings (SSSR count). The van der Waals surface area contributed by atoms with E-state index < -0.39 is 0 Å². The van der Waals surface area contributed by atoms with Crippen LogP contribution in [0.25, 0.3) is 0 Å². The average Bonchev–Trinajstić information content (AvgIpc) is 2.70. The summed E-state index contributed by atoms with van der Waals surface area (Å²) in [5.74, 6) is 2.62. The first-order chi connectivity index (χ1) is 8.19. The van der Waals surface area contributed by atoms with Crippen molar-refractivity contribution in [3.63, 3.8) is 0 Å². The normalized spacial score (nSPS) is 24.6. The van der Waals surface area contributed by atoms with Gasteiger partial charge < -0.3 is 5.73 Å². The maximum atomic E-state index is 6.34. The molecule has 0 aliphatic heterocycles. The largest absolute Gasteiger partial charge is 0.319 e. The Bertz CT molecular complexity index is 400. The quantitative estimate of drug-likeness (QED) is 0.853.